The molecule has 1 fully saturated rings. The second-order valence-corrected chi connectivity index (χ2v) is 7.15. The second-order valence-electron chi connectivity index (χ2n) is 7.15. The highest BCUT2D eigenvalue weighted by Gasteiger charge is 2.26. The van der Waals surface area contributed by atoms with E-state index in [1.165, 1.54) is 12.8 Å². The standard InChI is InChI=1S/C18H25N5/c1-18(2,3)23-17-21-15(13-7-8-13)12-16(22-17)20-11-9-14-6-4-5-10-19-14/h4-6,10,12-13H,7-9,11H2,1-3H3,(H2,20,21,22,23). The summed E-state index contributed by atoms with van der Waals surface area (Å²) in [5.74, 6) is 2.21. The molecule has 3 rings (SSSR count). The maximum absolute atomic E-state index is 4.67. The Balaban J connectivity index is 1.67. The van der Waals surface area contributed by atoms with Gasteiger partial charge in [0.15, 0.2) is 0 Å². The molecule has 0 bridgehead atoms. The van der Waals surface area contributed by atoms with Crippen molar-refractivity contribution in [1.29, 1.82) is 0 Å². The Bertz CT molecular complexity index is 644. The lowest BCUT2D eigenvalue weighted by Crippen LogP contribution is -2.27. The summed E-state index contributed by atoms with van der Waals surface area (Å²) in [5.41, 5.74) is 2.18. The molecule has 0 spiro atoms. The van der Waals surface area contributed by atoms with Crippen LogP contribution >= 0.6 is 0 Å². The van der Waals surface area contributed by atoms with Gasteiger partial charge in [0, 0.05) is 42.4 Å². The molecule has 0 radical (unpaired) electrons. The molecule has 1 saturated carbocycles. The fraction of sp³-hybridized carbons (Fsp3) is 0.500. The van der Waals surface area contributed by atoms with Gasteiger partial charge in [0.05, 0.1) is 5.69 Å². The van der Waals surface area contributed by atoms with Crippen molar-refractivity contribution in [1.82, 2.24) is 15.0 Å². The number of rotatable bonds is 6. The van der Waals surface area contributed by atoms with Crippen LogP contribution in [-0.4, -0.2) is 27.0 Å². The molecule has 0 saturated heterocycles. The topological polar surface area (TPSA) is 62.7 Å². The Morgan fingerprint density at radius 1 is 1.17 bits per heavy atom. The molecule has 1 aliphatic carbocycles. The molecular formula is C18H25N5. The van der Waals surface area contributed by atoms with Crippen LogP contribution in [0.4, 0.5) is 11.8 Å². The van der Waals surface area contributed by atoms with Crippen LogP contribution in [0.3, 0.4) is 0 Å². The van der Waals surface area contributed by atoms with Crippen LogP contribution in [0.5, 0.6) is 0 Å². The minimum atomic E-state index is -0.0482. The fourth-order valence-corrected chi connectivity index (χ4v) is 2.40. The van der Waals surface area contributed by atoms with Gasteiger partial charge in [-0.2, -0.15) is 4.98 Å². The molecule has 2 heterocycles. The highest BCUT2D eigenvalue weighted by atomic mass is 15.2. The minimum Gasteiger partial charge on any atom is -0.370 e. The van der Waals surface area contributed by atoms with Crippen molar-refractivity contribution in [3.8, 4) is 0 Å². The Kier molecular flexibility index (Phi) is 4.46. The molecule has 2 aromatic heterocycles. The van der Waals surface area contributed by atoms with E-state index < -0.39 is 0 Å². The number of nitrogens with zero attached hydrogens (tertiary/aromatic N) is 3. The zero-order chi connectivity index (χ0) is 16.3. The fourth-order valence-electron chi connectivity index (χ4n) is 2.40. The van der Waals surface area contributed by atoms with Crippen LogP contribution in [-0.2, 0) is 6.42 Å². The van der Waals surface area contributed by atoms with E-state index in [4.69, 9.17) is 0 Å². The van der Waals surface area contributed by atoms with E-state index in [0.717, 1.165) is 30.2 Å². The number of hydrogen-bond donors (Lipinski definition) is 2. The second kappa shape index (κ2) is 6.52. The van der Waals surface area contributed by atoms with Gasteiger partial charge in [-0.1, -0.05) is 6.07 Å². The van der Waals surface area contributed by atoms with Gasteiger partial charge in [-0.05, 0) is 45.7 Å². The van der Waals surface area contributed by atoms with Crippen molar-refractivity contribution < 1.29 is 0 Å². The summed E-state index contributed by atoms with van der Waals surface area (Å²) < 4.78 is 0. The molecule has 0 aromatic carbocycles. The van der Waals surface area contributed by atoms with Crippen LogP contribution < -0.4 is 10.6 Å². The molecule has 0 atom stereocenters. The molecule has 2 N–H and O–H groups in total. The molecule has 0 aliphatic heterocycles. The van der Waals surface area contributed by atoms with Crippen LogP contribution in [0.15, 0.2) is 30.5 Å². The summed E-state index contributed by atoms with van der Waals surface area (Å²) in [7, 11) is 0. The number of anilines is 2. The SMILES string of the molecule is CC(C)(C)Nc1nc(NCCc2ccccn2)cc(C2CC2)n1. The number of nitrogens with one attached hydrogen (secondary N) is 2. The quantitative estimate of drug-likeness (QED) is 0.853. The molecule has 5 heteroatoms. The average Bonchev–Trinajstić information content (AvgIpc) is 3.31. The number of aromatic nitrogens is 3. The maximum Gasteiger partial charge on any atom is 0.225 e. The Labute approximate surface area is 138 Å². The lowest BCUT2D eigenvalue weighted by atomic mass is 10.1. The van der Waals surface area contributed by atoms with Crippen molar-refractivity contribution in [2.24, 2.45) is 0 Å². The van der Waals surface area contributed by atoms with Gasteiger partial charge in [0.25, 0.3) is 0 Å². The third kappa shape index (κ3) is 4.91. The summed E-state index contributed by atoms with van der Waals surface area (Å²) in [6.07, 6.45) is 5.18. The van der Waals surface area contributed by atoms with E-state index >= 15 is 0 Å². The molecular weight excluding hydrogens is 286 g/mol. The van der Waals surface area contributed by atoms with Gasteiger partial charge < -0.3 is 10.6 Å². The zero-order valence-corrected chi connectivity index (χ0v) is 14.1. The van der Waals surface area contributed by atoms with Crippen LogP contribution in [0.2, 0.25) is 0 Å². The Morgan fingerprint density at radius 3 is 2.65 bits per heavy atom. The predicted octanol–water partition coefficient (Wildman–Crippen LogP) is 3.61. The lowest BCUT2D eigenvalue weighted by Gasteiger charge is -2.21. The normalized spacial score (nSPS) is 14.6. The first kappa shape index (κ1) is 15.7. The van der Waals surface area contributed by atoms with Crippen LogP contribution in [0.1, 0.15) is 50.9 Å². The predicted molar refractivity (Wildman–Crippen MR) is 93.8 cm³/mol. The summed E-state index contributed by atoms with van der Waals surface area (Å²) in [4.78, 5) is 13.6. The van der Waals surface area contributed by atoms with Gasteiger partial charge in [0.1, 0.15) is 5.82 Å². The van der Waals surface area contributed by atoms with E-state index in [1.807, 2.05) is 24.4 Å². The van der Waals surface area contributed by atoms with Crippen molar-refractivity contribution in [3.05, 3.63) is 41.9 Å². The molecule has 5 nitrogen and oxygen atoms in total. The minimum absolute atomic E-state index is 0.0482. The third-order valence-electron chi connectivity index (χ3n) is 3.64. The molecule has 2 aromatic rings. The molecule has 0 unspecified atom stereocenters. The molecule has 1 aliphatic rings. The van der Waals surface area contributed by atoms with Crippen LogP contribution in [0.25, 0.3) is 0 Å². The van der Waals surface area contributed by atoms with Gasteiger partial charge >= 0.3 is 0 Å². The summed E-state index contributed by atoms with van der Waals surface area (Å²) >= 11 is 0. The van der Waals surface area contributed by atoms with Gasteiger partial charge in [0.2, 0.25) is 5.95 Å². The van der Waals surface area contributed by atoms with Gasteiger partial charge in [-0.3, -0.25) is 4.98 Å². The summed E-state index contributed by atoms with van der Waals surface area (Å²) in [6.45, 7) is 7.17. The first-order valence-corrected chi connectivity index (χ1v) is 8.30. The zero-order valence-electron chi connectivity index (χ0n) is 14.1. The maximum atomic E-state index is 4.67. The summed E-state index contributed by atoms with van der Waals surface area (Å²) in [6, 6.07) is 8.09. The van der Waals surface area contributed by atoms with E-state index in [2.05, 4.69) is 52.4 Å². The largest absolute Gasteiger partial charge is 0.370 e. The van der Waals surface area contributed by atoms with E-state index in [9.17, 15) is 0 Å². The van der Waals surface area contributed by atoms with Gasteiger partial charge in [-0.25, -0.2) is 4.98 Å². The summed E-state index contributed by atoms with van der Waals surface area (Å²) in [5, 5.41) is 6.79. The third-order valence-corrected chi connectivity index (χ3v) is 3.64. The first-order chi connectivity index (χ1) is 11.0. The molecule has 23 heavy (non-hydrogen) atoms. The molecule has 0 amide bonds. The van der Waals surface area contributed by atoms with Crippen molar-refractivity contribution in [3.63, 3.8) is 0 Å². The van der Waals surface area contributed by atoms with Crippen LogP contribution in [0, 0.1) is 0 Å². The van der Waals surface area contributed by atoms with E-state index in [1.54, 1.807) is 0 Å². The van der Waals surface area contributed by atoms with Crippen molar-refractivity contribution >= 4 is 11.8 Å². The number of pyridine rings is 1. The highest BCUT2D eigenvalue weighted by molar-refractivity contribution is 5.45. The monoisotopic (exact) mass is 311 g/mol. The Hall–Kier alpha value is -2.17. The highest BCUT2D eigenvalue weighted by Crippen LogP contribution is 2.40. The van der Waals surface area contributed by atoms with E-state index in [-0.39, 0.29) is 5.54 Å². The van der Waals surface area contributed by atoms with Crippen molar-refractivity contribution in [2.75, 3.05) is 17.2 Å². The first-order valence-electron chi connectivity index (χ1n) is 8.30. The Morgan fingerprint density at radius 2 is 2.00 bits per heavy atom. The average molecular weight is 311 g/mol. The van der Waals surface area contributed by atoms with E-state index in [0.29, 0.717) is 11.9 Å². The lowest BCUT2D eigenvalue weighted by molar-refractivity contribution is 0.625. The molecule has 122 valence electrons. The number of hydrogen-bond acceptors (Lipinski definition) is 5. The van der Waals surface area contributed by atoms with Crippen molar-refractivity contribution in [2.45, 2.75) is 51.5 Å². The van der Waals surface area contributed by atoms with Gasteiger partial charge in [-0.15, -0.1) is 0 Å². The smallest absolute Gasteiger partial charge is 0.225 e.